The van der Waals surface area contributed by atoms with Gasteiger partial charge in [-0.3, -0.25) is 4.79 Å². The smallest absolute Gasteiger partial charge is 0.157 e. The van der Waals surface area contributed by atoms with Crippen LogP contribution >= 0.6 is 0 Å². The second-order valence-electron chi connectivity index (χ2n) is 2.93. The lowest BCUT2D eigenvalue weighted by molar-refractivity contribution is -0.117. The lowest BCUT2D eigenvalue weighted by atomic mass is 9.93. The highest BCUT2D eigenvalue weighted by molar-refractivity contribution is 6.23. The lowest BCUT2D eigenvalue weighted by Gasteiger charge is -2.01. The summed E-state index contributed by atoms with van der Waals surface area (Å²) in [5.41, 5.74) is 1.09. The van der Waals surface area contributed by atoms with Gasteiger partial charge in [0.15, 0.2) is 5.78 Å². The summed E-state index contributed by atoms with van der Waals surface area (Å²) in [6.07, 6.45) is 2.65. The molecule has 0 N–H and O–H groups in total. The zero-order valence-corrected chi connectivity index (χ0v) is 7.27. The maximum atomic E-state index is 11.1. The van der Waals surface area contributed by atoms with Crippen molar-refractivity contribution in [2.45, 2.75) is 27.2 Å². The van der Waals surface area contributed by atoms with Gasteiger partial charge < -0.3 is 0 Å². The summed E-state index contributed by atoms with van der Waals surface area (Å²) >= 11 is 0. The highest BCUT2D eigenvalue weighted by atomic mass is 16.1. The topological polar surface area (TPSA) is 17.1 Å². The molecule has 0 aromatic heterocycles. The van der Waals surface area contributed by atoms with Crippen molar-refractivity contribution >= 4 is 13.6 Å². The SMILES string of the molecule is B/C(C)=C/C(=O)C(C)CC. The van der Waals surface area contributed by atoms with Crippen molar-refractivity contribution in [1.82, 2.24) is 0 Å². The van der Waals surface area contributed by atoms with Gasteiger partial charge in [-0.25, -0.2) is 0 Å². The minimum absolute atomic E-state index is 0.190. The standard InChI is InChI=1S/C8H15BO/c1-4-6(2)8(10)5-7(3)9/h5-6H,4,9H2,1-3H3/b7-5+. The Morgan fingerprint density at radius 1 is 1.70 bits per heavy atom. The molecule has 0 aromatic carbocycles. The van der Waals surface area contributed by atoms with Crippen LogP contribution in [0.3, 0.4) is 0 Å². The van der Waals surface area contributed by atoms with Crippen molar-refractivity contribution in [2.24, 2.45) is 5.92 Å². The van der Waals surface area contributed by atoms with Crippen LogP contribution in [0.4, 0.5) is 0 Å². The Labute approximate surface area is 63.9 Å². The van der Waals surface area contributed by atoms with Crippen LogP contribution in [0.15, 0.2) is 11.5 Å². The van der Waals surface area contributed by atoms with Crippen molar-refractivity contribution in [3.63, 3.8) is 0 Å². The highest BCUT2D eigenvalue weighted by Gasteiger charge is 2.05. The van der Waals surface area contributed by atoms with Gasteiger partial charge in [0.2, 0.25) is 0 Å². The normalized spacial score (nSPS) is 14.9. The first-order valence-corrected chi connectivity index (χ1v) is 3.76. The molecule has 0 saturated carbocycles. The highest BCUT2D eigenvalue weighted by Crippen LogP contribution is 2.03. The van der Waals surface area contributed by atoms with Crippen LogP contribution in [0.25, 0.3) is 0 Å². The lowest BCUT2D eigenvalue weighted by Crippen LogP contribution is -2.06. The Morgan fingerprint density at radius 2 is 2.20 bits per heavy atom. The van der Waals surface area contributed by atoms with E-state index >= 15 is 0 Å². The van der Waals surface area contributed by atoms with Gasteiger partial charge in [-0.2, -0.15) is 0 Å². The van der Waals surface area contributed by atoms with Crippen molar-refractivity contribution in [3.8, 4) is 0 Å². The number of hydrogen-bond acceptors (Lipinski definition) is 1. The fraction of sp³-hybridized carbons (Fsp3) is 0.625. The van der Waals surface area contributed by atoms with Gasteiger partial charge in [0.25, 0.3) is 0 Å². The maximum absolute atomic E-state index is 11.1. The van der Waals surface area contributed by atoms with E-state index < -0.39 is 0 Å². The minimum Gasteiger partial charge on any atom is -0.295 e. The Balaban J connectivity index is 3.97. The summed E-state index contributed by atoms with van der Waals surface area (Å²) in [6.45, 7) is 5.93. The van der Waals surface area contributed by atoms with E-state index in [-0.39, 0.29) is 11.7 Å². The van der Waals surface area contributed by atoms with Crippen LogP contribution in [-0.2, 0) is 4.79 Å². The molecule has 2 heteroatoms. The number of hydrogen-bond donors (Lipinski definition) is 0. The molecule has 0 saturated heterocycles. The average molecular weight is 138 g/mol. The number of ketones is 1. The average Bonchev–Trinajstić information content (AvgIpc) is 1.85. The van der Waals surface area contributed by atoms with Crippen LogP contribution in [0.5, 0.6) is 0 Å². The van der Waals surface area contributed by atoms with Crippen molar-refractivity contribution in [3.05, 3.63) is 11.5 Å². The number of carbonyl (C=O) groups excluding carboxylic acids is 1. The molecule has 0 aliphatic carbocycles. The summed E-state index contributed by atoms with van der Waals surface area (Å²) in [4.78, 5) is 11.1. The summed E-state index contributed by atoms with van der Waals surface area (Å²) < 4.78 is 0. The summed E-state index contributed by atoms with van der Waals surface area (Å²) in [6, 6.07) is 0. The Bertz CT molecular complexity index is 145. The van der Waals surface area contributed by atoms with Crippen LogP contribution in [-0.4, -0.2) is 13.6 Å². The minimum atomic E-state index is 0.190. The molecule has 0 aliphatic rings. The summed E-state index contributed by atoms with van der Waals surface area (Å²) in [5, 5.41) is 0. The van der Waals surface area contributed by atoms with Crippen LogP contribution in [0, 0.1) is 5.92 Å². The van der Waals surface area contributed by atoms with E-state index in [0.717, 1.165) is 11.9 Å². The van der Waals surface area contributed by atoms with Crippen molar-refractivity contribution in [2.75, 3.05) is 0 Å². The van der Waals surface area contributed by atoms with Crippen molar-refractivity contribution in [1.29, 1.82) is 0 Å². The number of rotatable bonds is 3. The zero-order chi connectivity index (χ0) is 8.15. The molecule has 0 aromatic rings. The quantitative estimate of drug-likeness (QED) is 0.422. The van der Waals surface area contributed by atoms with Gasteiger partial charge in [-0.1, -0.05) is 20.8 Å². The van der Waals surface area contributed by atoms with Gasteiger partial charge in [0, 0.05) is 5.92 Å². The first-order chi connectivity index (χ1) is 4.57. The van der Waals surface area contributed by atoms with E-state index in [1.807, 2.05) is 28.6 Å². The van der Waals surface area contributed by atoms with Crippen LogP contribution in [0.2, 0.25) is 0 Å². The van der Waals surface area contributed by atoms with Crippen LogP contribution < -0.4 is 0 Å². The fourth-order valence-corrected chi connectivity index (χ4v) is 0.628. The molecule has 10 heavy (non-hydrogen) atoms. The molecule has 0 spiro atoms. The van der Waals surface area contributed by atoms with E-state index in [1.54, 1.807) is 6.08 Å². The van der Waals surface area contributed by atoms with E-state index in [0.29, 0.717) is 0 Å². The molecule has 0 heterocycles. The molecule has 1 nitrogen and oxygen atoms in total. The molecule has 1 unspecified atom stereocenters. The number of carbonyl (C=O) groups is 1. The largest absolute Gasteiger partial charge is 0.295 e. The third-order valence-electron chi connectivity index (χ3n) is 1.53. The first-order valence-electron chi connectivity index (χ1n) is 3.76. The molecule has 0 bridgehead atoms. The predicted octanol–water partition coefficient (Wildman–Crippen LogP) is 1.14. The summed E-state index contributed by atoms with van der Waals surface area (Å²) in [7, 11) is 1.94. The van der Waals surface area contributed by atoms with Crippen molar-refractivity contribution < 1.29 is 4.79 Å². The maximum Gasteiger partial charge on any atom is 0.157 e. The molecule has 0 fully saturated rings. The molecule has 56 valence electrons. The van der Waals surface area contributed by atoms with E-state index in [9.17, 15) is 4.79 Å². The molecule has 0 amide bonds. The molecule has 0 aliphatic heterocycles. The van der Waals surface area contributed by atoms with Gasteiger partial charge >= 0.3 is 0 Å². The predicted molar refractivity (Wildman–Crippen MR) is 46.8 cm³/mol. The van der Waals surface area contributed by atoms with E-state index in [1.165, 1.54) is 0 Å². The van der Waals surface area contributed by atoms with Gasteiger partial charge in [0.1, 0.15) is 7.85 Å². The van der Waals surface area contributed by atoms with Gasteiger partial charge in [0.05, 0.1) is 0 Å². The monoisotopic (exact) mass is 138 g/mol. The van der Waals surface area contributed by atoms with Crippen LogP contribution in [0.1, 0.15) is 27.2 Å². The third-order valence-corrected chi connectivity index (χ3v) is 1.53. The molecule has 0 rings (SSSR count). The van der Waals surface area contributed by atoms with Gasteiger partial charge in [-0.05, 0) is 12.5 Å². The van der Waals surface area contributed by atoms with E-state index in [4.69, 9.17) is 0 Å². The number of allylic oxidation sites excluding steroid dienone is 2. The Morgan fingerprint density at radius 3 is 2.50 bits per heavy atom. The van der Waals surface area contributed by atoms with Gasteiger partial charge in [-0.15, -0.1) is 5.47 Å². The third kappa shape index (κ3) is 3.49. The molecule has 0 radical (unpaired) electrons. The fourth-order valence-electron chi connectivity index (χ4n) is 0.628. The molecular weight excluding hydrogens is 123 g/mol. The Hall–Kier alpha value is -0.525. The second kappa shape index (κ2) is 4.32. The summed E-state index contributed by atoms with van der Waals surface area (Å²) in [5.74, 6) is 0.442. The second-order valence-corrected chi connectivity index (χ2v) is 2.93. The van der Waals surface area contributed by atoms with E-state index in [2.05, 4.69) is 0 Å². The molecular formula is C8H15BO. The first kappa shape index (κ1) is 9.47. The molecule has 1 atom stereocenters. The Kier molecular flexibility index (Phi) is 4.09. The zero-order valence-electron chi connectivity index (χ0n) is 7.27.